The highest BCUT2D eigenvalue weighted by Crippen LogP contribution is 2.33. The number of fused-ring (bicyclic) bond motifs is 1. The van der Waals surface area contributed by atoms with E-state index in [-0.39, 0.29) is 5.82 Å². The van der Waals surface area contributed by atoms with Gasteiger partial charge in [-0.3, -0.25) is 0 Å². The molecule has 0 saturated carbocycles. The van der Waals surface area contributed by atoms with E-state index in [2.05, 4.69) is 5.32 Å². The van der Waals surface area contributed by atoms with Gasteiger partial charge in [-0.15, -0.1) is 0 Å². The van der Waals surface area contributed by atoms with Gasteiger partial charge in [0.15, 0.2) is 0 Å². The zero-order valence-corrected chi connectivity index (χ0v) is 12.2. The highest BCUT2D eigenvalue weighted by molar-refractivity contribution is 5.46. The molecule has 0 saturated heterocycles. The van der Waals surface area contributed by atoms with Gasteiger partial charge in [0, 0.05) is 24.1 Å². The van der Waals surface area contributed by atoms with Gasteiger partial charge in [0.25, 0.3) is 0 Å². The van der Waals surface area contributed by atoms with Crippen molar-refractivity contribution in [1.29, 1.82) is 0 Å². The van der Waals surface area contributed by atoms with Crippen LogP contribution in [-0.2, 0) is 13.0 Å². The van der Waals surface area contributed by atoms with E-state index in [1.165, 1.54) is 6.07 Å². The molecule has 21 heavy (non-hydrogen) atoms. The minimum absolute atomic E-state index is 0.213. The molecule has 2 aromatic carbocycles. The van der Waals surface area contributed by atoms with Gasteiger partial charge in [0.2, 0.25) is 0 Å². The lowest BCUT2D eigenvalue weighted by Gasteiger charge is -2.13. The summed E-state index contributed by atoms with van der Waals surface area (Å²) >= 11 is 0. The second-order valence-corrected chi connectivity index (χ2v) is 5.21. The van der Waals surface area contributed by atoms with Crippen LogP contribution in [0.2, 0.25) is 0 Å². The number of nitrogens with one attached hydrogen (secondary N) is 1. The van der Waals surface area contributed by atoms with Gasteiger partial charge in [-0.1, -0.05) is 0 Å². The number of halogens is 1. The highest BCUT2D eigenvalue weighted by Gasteiger charge is 2.14. The first-order chi connectivity index (χ1) is 10.2. The summed E-state index contributed by atoms with van der Waals surface area (Å²) in [5, 5.41) is 3.03. The molecule has 0 amide bonds. The van der Waals surface area contributed by atoms with Crippen molar-refractivity contribution < 1.29 is 13.9 Å². The zero-order valence-electron chi connectivity index (χ0n) is 12.2. The summed E-state index contributed by atoms with van der Waals surface area (Å²) in [5.74, 6) is 2.15. The van der Waals surface area contributed by atoms with E-state index >= 15 is 0 Å². The van der Waals surface area contributed by atoms with E-state index in [4.69, 9.17) is 9.47 Å². The number of ether oxygens (including phenoxy) is 2. The first kappa shape index (κ1) is 13.9. The standard InChI is InChI=1S/C17H18FNO2/c1-11-7-17(13(10-19-2)9-15(11)18)21-14-3-4-16-12(8-14)5-6-20-16/h3-4,7-9,19H,5-6,10H2,1-2H3. The molecule has 4 heteroatoms. The summed E-state index contributed by atoms with van der Waals surface area (Å²) in [5.41, 5.74) is 2.54. The lowest BCUT2D eigenvalue weighted by atomic mass is 10.1. The molecule has 0 aliphatic carbocycles. The Hall–Kier alpha value is -2.07. The second-order valence-electron chi connectivity index (χ2n) is 5.21. The van der Waals surface area contributed by atoms with Gasteiger partial charge in [-0.25, -0.2) is 4.39 Å². The Labute approximate surface area is 123 Å². The fraction of sp³-hybridized carbons (Fsp3) is 0.294. The molecule has 3 rings (SSSR count). The van der Waals surface area contributed by atoms with E-state index in [0.29, 0.717) is 17.9 Å². The maximum absolute atomic E-state index is 13.7. The van der Waals surface area contributed by atoms with Crippen molar-refractivity contribution in [3.8, 4) is 17.2 Å². The van der Waals surface area contributed by atoms with Crippen LogP contribution in [0, 0.1) is 12.7 Å². The van der Waals surface area contributed by atoms with E-state index in [0.717, 1.165) is 35.7 Å². The van der Waals surface area contributed by atoms with Crippen LogP contribution in [0.25, 0.3) is 0 Å². The lowest BCUT2D eigenvalue weighted by Crippen LogP contribution is -2.07. The van der Waals surface area contributed by atoms with E-state index in [9.17, 15) is 4.39 Å². The van der Waals surface area contributed by atoms with Crippen LogP contribution in [0.3, 0.4) is 0 Å². The topological polar surface area (TPSA) is 30.5 Å². The van der Waals surface area contributed by atoms with Gasteiger partial charge in [-0.05, 0) is 49.9 Å². The van der Waals surface area contributed by atoms with Gasteiger partial charge < -0.3 is 14.8 Å². The smallest absolute Gasteiger partial charge is 0.132 e. The van der Waals surface area contributed by atoms with Crippen molar-refractivity contribution in [1.82, 2.24) is 5.32 Å². The molecule has 1 aliphatic heterocycles. The van der Waals surface area contributed by atoms with Crippen LogP contribution in [0.1, 0.15) is 16.7 Å². The molecule has 1 N–H and O–H groups in total. The Morgan fingerprint density at radius 2 is 2.14 bits per heavy atom. The van der Waals surface area contributed by atoms with Crippen molar-refractivity contribution in [2.75, 3.05) is 13.7 Å². The van der Waals surface area contributed by atoms with E-state index in [1.807, 2.05) is 25.2 Å². The van der Waals surface area contributed by atoms with Crippen molar-refractivity contribution >= 4 is 0 Å². The monoisotopic (exact) mass is 287 g/mol. The Morgan fingerprint density at radius 1 is 1.29 bits per heavy atom. The first-order valence-corrected chi connectivity index (χ1v) is 7.04. The Bertz CT molecular complexity index is 670. The Kier molecular flexibility index (Phi) is 3.80. The summed E-state index contributed by atoms with van der Waals surface area (Å²) < 4.78 is 25.1. The van der Waals surface area contributed by atoms with Crippen LogP contribution in [0.4, 0.5) is 4.39 Å². The Balaban J connectivity index is 1.91. The van der Waals surface area contributed by atoms with Crippen LogP contribution in [0.15, 0.2) is 30.3 Å². The molecule has 3 nitrogen and oxygen atoms in total. The SMILES string of the molecule is CNCc1cc(F)c(C)cc1Oc1ccc2c(c1)CCO2. The minimum atomic E-state index is -0.213. The summed E-state index contributed by atoms with van der Waals surface area (Å²) in [4.78, 5) is 0. The molecule has 1 aliphatic rings. The zero-order chi connectivity index (χ0) is 14.8. The predicted molar refractivity (Wildman–Crippen MR) is 79.6 cm³/mol. The second kappa shape index (κ2) is 5.74. The third-order valence-electron chi connectivity index (χ3n) is 3.60. The van der Waals surface area contributed by atoms with Gasteiger partial charge >= 0.3 is 0 Å². The molecule has 110 valence electrons. The van der Waals surface area contributed by atoms with Crippen LogP contribution < -0.4 is 14.8 Å². The summed E-state index contributed by atoms with van der Waals surface area (Å²) in [6.07, 6.45) is 0.901. The van der Waals surface area contributed by atoms with Crippen LogP contribution in [-0.4, -0.2) is 13.7 Å². The average Bonchev–Trinajstić information content (AvgIpc) is 2.92. The molecule has 0 aromatic heterocycles. The number of rotatable bonds is 4. The molecular formula is C17H18FNO2. The fourth-order valence-corrected chi connectivity index (χ4v) is 2.47. The number of hydrogen-bond donors (Lipinski definition) is 1. The van der Waals surface area contributed by atoms with Crippen molar-refractivity contribution in [3.63, 3.8) is 0 Å². The number of hydrogen-bond acceptors (Lipinski definition) is 3. The number of aryl methyl sites for hydroxylation is 1. The molecule has 0 spiro atoms. The summed E-state index contributed by atoms with van der Waals surface area (Å²) in [6, 6.07) is 9.06. The highest BCUT2D eigenvalue weighted by atomic mass is 19.1. The predicted octanol–water partition coefficient (Wildman–Crippen LogP) is 3.58. The normalized spacial score (nSPS) is 12.9. The molecule has 0 bridgehead atoms. The quantitative estimate of drug-likeness (QED) is 0.932. The summed E-state index contributed by atoms with van der Waals surface area (Å²) in [6.45, 7) is 3.02. The molecule has 2 aromatic rings. The largest absolute Gasteiger partial charge is 0.493 e. The molecule has 0 radical (unpaired) electrons. The maximum Gasteiger partial charge on any atom is 0.132 e. The molecule has 0 atom stereocenters. The van der Waals surface area contributed by atoms with Crippen molar-refractivity contribution in [3.05, 3.63) is 52.8 Å². The van der Waals surface area contributed by atoms with Crippen molar-refractivity contribution in [2.24, 2.45) is 0 Å². The van der Waals surface area contributed by atoms with E-state index < -0.39 is 0 Å². The molecular weight excluding hydrogens is 269 g/mol. The van der Waals surface area contributed by atoms with E-state index in [1.54, 1.807) is 13.0 Å². The first-order valence-electron chi connectivity index (χ1n) is 7.04. The minimum Gasteiger partial charge on any atom is -0.493 e. The summed E-state index contributed by atoms with van der Waals surface area (Å²) in [7, 11) is 1.83. The van der Waals surface area contributed by atoms with Crippen LogP contribution in [0.5, 0.6) is 17.2 Å². The van der Waals surface area contributed by atoms with Gasteiger partial charge in [-0.2, -0.15) is 0 Å². The number of benzene rings is 2. The third kappa shape index (κ3) is 2.85. The maximum atomic E-state index is 13.7. The average molecular weight is 287 g/mol. The lowest BCUT2D eigenvalue weighted by molar-refractivity contribution is 0.356. The molecule has 1 heterocycles. The van der Waals surface area contributed by atoms with Gasteiger partial charge in [0.1, 0.15) is 23.1 Å². The fourth-order valence-electron chi connectivity index (χ4n) is 2.47. The van der Waals surface area contributed by atoms with Gasteiger partial charge in [0.05, 0.1) is 6.61 Å². The third-order valence-corrected chi connectivity index (χ3v) is 3.60. The molecule has 0 unspecified atom stereocenters. The Morgan fingerprint density at radius 3 is 2.95 bits per heavy atom. The molecule has 0 fully saturated rings. The van der Waals surface area contributed by atoms with Crippen molar-refractivity contribution in [2.45, 2.75) is 19.9 Å². The van der Waals surface area contributed by atoms with Crippen LogP contribution >= 0.6 is 0 Å².